The normalized spacial score (nSPS) is 13.7. The Bertz CT molecular complexity index is 737. The average Bonchev–Trinajstić information content (AvgIpc) is 3.36. The monoisotopic (exact) mass is 358 g/mol. The number of carbonyl (C=O) groups excluding carboxylic acids is 1. The van der Waals surface area contributed by atoms with Gasteiger partial charge in [0.25, 0.3) is 0 Å². The highest BCUT2D eigenvalue weighted by atomic mass is 32.1. The van der Waals surface area contributed by atoms with Gasteiger partial charge in [0.1, 0.15) is 17.4 Å². The molecule has 0 N–H and O–H groups in total. The van der Waals surface area contributed by atoms with Gasteiger partial charge in [-0.1, -0.05) is 19.1 Å². The highest BCUT2D eigenvalue weighted by Gasteiger charge is 2.33. The van der Waals surface area contributed by atoms with Gasteiger partial charge >= 0.3 is 0 Å². The fraction of sp³-hybridized carbons (Fsp3) is 0.500. The molecule has 1 aromatic heterocycles. The molecule has 3 rings (SSSR count). The minimum atomic E-state index is 0.261. The van der Waals surface area contributed by atoms with E-state index in [-0.39, 0.29) is 5.92 Å². The zero-order valence-corrected chi connectivity index (χ0v) is 16.1. The van der Waals surface area contributed by atoms with Crippen LogP contribution in [0.4, 0.5) is 0 Å². The Kier molecular flexibility index (Phi) is 5.74. The zero-order chi connectivity index (χ0) is 17.8. The molecule has 0 atom stereocenters. The lowest BCUT2D eigenvalue weighted by atomic mass is 10.1. The van der Waals surface area contributed by atoms with Crippen molar-refractivity contribution in [3.05, 3.63) is 45.4 Å². The van der Waals surface area contributed by atoms with Crippen molar-refractivity contribution >= 4 is 17.2 Å². The number of ether oxygens (including phenoxy) is 1. The van der Waals surface area contributed by atoms with Gasteiger partial charge in [0.15, 0.2) is 0 Å². The summed E-state index contributed by atoms with van der Waals surface area (Å²) in [4.78, 5) is 19.0. The molecule has 1 fully saturated rings. The van der Waals surface area contributed by atoms with E-state index in [0.29, 0.717) is 19.1 Å². The van der Waals surface area contributed by atoms with E-state index in [1.165, 1.54) is 11.1 Å². The maximum atomic E-state index is 12.4. The van der Waals surface area contributed by atoms with E-state index >= 15 is 0 Å². The van der Waals surface area contributed by atoms with Crippen LogP contribution in [0.15, 0.2) is 23.6 Å². The van der Waals surface area contributed by atoms with E-state index in [0.717, 1.165) is 42.3 Å². The van der Waals surface area contributed by atoms with Gasteiger partial charge < -0.3 is 9.64 Å². The summed E-state index contributed by atoms with van der Waals surface area (Å²) in [6.45, 7) is 8.16. The van der Waals surface area contributed by atoms with Crippen molar-refractivity contribution in [2.75, 3.05) is 6.54 Å². The molecule has 0 unspecified atom stereocenters. The number of hydrogen-bond acceptors (Lipinski definition) is 4. The number of carbonyl (C=O) groups is 1. The smallest absolute Gasteiger partial charge is 0.226 e. The van der Waals surface area contributed by atoms with Gasteiger partial charge in [-0.3, -0.25) is 4.79 Å². The minimum Gasteiger partial charge on any atom is -0.486 e. The van der Waals surface area contributed by atoms with E-state index in [2.05, 4.69) is 31.8 Å². The first-order valence-electron chi connectivity index (χ1n) is 8.99. The predicted molar refractivity (Wildman–Crippen MR) is 101 cm³/mol. The van der Waals surface area contributed by atoms with Crippen molar-refractivity contribution < 1.29 is 9.53 Å². The fourth-order valence-corrected chi connectivity index (χ4v) is 3.53. The topological polar surface area (TPSA) is 42.4 Å². The Morgan fingerprint density at radius 2 is 2.16 bits per heavy atom. The summed E-state index contributed by atoms with van der Waals surface area (Å²) in [5.41, 5.74) is 3.36. The summed E-state index contributed by atoms with van der Waals surface area (Å²) >= 11 is 1.60. The molecule has 1 aliphatic rings. The van der Waals surface area contributed by atoms with Crippen molar-refractivity contribution in [1.29, 1.82) is 0 Å². The van der Waals surface area contributed by atoms with E-state index < -0.39 is 0 Å². The van der Waals surface area contributed by atoms with Crippen LogP contribution in [-0.2, 0) is 17.9 Å². The second-order valence-electron chi connectivity index (χ2n) is 6.75. The summed E-state index contributed by atoms with van der Waals surface area (Å²) in [7, 11) is 0. The molecular weight excluding hydrogens is 332 g/mol. The van der Waals surface area contributed by atoms with Gasteiger partial charge in [0.05, 0.1) is 12.2 Å². The molecule has 0 bridgehead atoms. The van der Waals surface area contributed by atoms with Crippen molar-refractivity contribution in [1.82, 2.24) is 9.88 Å². The lowest BCUT2D eigenvalue weighted by Crippen LogP contribution is -2.32. The van der Waals surface area contributed by atoms with Crippen molar-refractivity contribution in [3.63, 3.8) is 0 Å². The summed E-state index contributed by atoms with van der Waals surface area (Å²) in [6.07, 6.45) is 3.07. The Labute approximate surface area is 153 Å². The van der Waals surface area contributed by atoms with Crippen LogP contribution in [0.5, 0.6) is 5.75 Å². The number of amides is 1. The summed E-state index contributed by atoms with van der Waals surface area (Å²) < 4.78 is 5.93. The largest absolute Gasteiger partial charge is 0.486 e. The van der Waals surface area contributed by atoms with Crippen molar-refractivity contribution in [3.8, 4) is 5.75 Å². The fourth-order valence-electron chi connectivity index (χ4n) is 2.83. The first-order chi connectivity index (χ1) is 12.1. The molecule has 25 heavy (non-hydrogen) atoms. The zero-order valence-electron chi connectivity index (χ0n) is 15.2. The Morgan fingerprint density at radius 1 is 1.36 bits per heavy atom. The summed E-state index contributed by atoms with van der Waals surface area (Å²) in [5.74, 6) is 1.47. The summed E-state index contributed by atoms with van der Waals surface area (Å²) in [6, 6.07) is 6.09. The second-order valence-corrected chi connectivity index (χ2v) is 7.70. The highest BCUT2D eigenvalue weighted by Crippen LogP contribution is 2.31. The minimum absolute atomic E-state index is 0.261. The molecule has 0 saturated heterocycles. The lowest BCUT2D eigenvalue weighted by Gasteiger charge is -2.21. The van der Waals surface area contributed by atoms with Crippen LogP contribution >= 0.6 is 11.3 Å². The first-order valence-corrected chi connectivity index (χ1v) is 9.87. The van der Waals surface area contributed by atoms with Crippen LogP contribution in [0, 0.1) is 19.8 Å². The molecule has 0 spiro atoms. The van der Waals surface area contributed by atoms with E-state index in [1.807, 2.05) is 22.4 Å². The number of aryl methyl sites for hydroxylation is 1. The molecule has 1 aromatic carbocycles. The molecule has 0 aliphatic heterocycles. The van der Waals surface area contributed by atoms with Gasteiger partial charge in [0, 0.05) is 17.8 Å². The van der Waals surface area contributed by atoms with Gasteiger partial charge in [-0.2, -0.15) is 0 Å². The molecule has 4 nitrogen and oxygen atoms in total. The van der Waals surface area contributed by atoms with Gasteiger partial charge in [-0.15, -0.1) is 11.3 Å². The lowest BCUT2D eigenvalue weighted by molar-refractivity contribution is -0.133. The van der Waals surface area contributed by atoms with Crippen LogP contribution in [0.3, 0.4) is 0 Å². The predicted octanol–water partition coefficient (Wildman–Crippen LogP) is 4.49. The Balaban J connectivity index is 1.59. The SMILES string of the molecule is CCCN(Cc1csc(COc2cccc(C)c2C)n1)C(=O)C1CC1. The van der Waals surface area contributed by atoms with Crippen LogP contribution in [-0.4, -0.2) is 22.3 Å². The van der Waals surface area contributed by atoms with E-state index in [4.69, 9.17) is 4.74 Å². The maximum Gasteiger partial charge on any atom is 0.226 e. The third kappa shape index (κ3) is 4.60. The number of nitrogens with zero attached hydrogens (tertiary/aromatic N) is 2. The number of aromatic nitrogens is 1. The molecule has 134 valence electrons. The molecule has 1 aliphatic carbocycles. The third-order valence-electron chi connectivity index (χ3n) is 4.59. The number of benzene rings is 1. The van der Waals surface area contributed by atoms with Gasteiger partial charge in [-0.25, -0.2) is 4.98 Å². The summed E-state index contributed by atoms with van der Waals surface area (Å²) in [5, 5.41) is 3.00. The first kappa shape index (κ1) is 17.9. The second kappa shape index (κ2) is 8.00. The molecule has 2 aromatic rings. The van der Waals surface area contributed by atoms with Crippen LogP contribution < -0.4 is 4.74 Å². The number of thiazole rings is 1. The van der Waals surface area contributed by atoms with Crippen molar-refractivity contribution in [2.24, 2.45) is 5.92 Å². The van der Waals surface area contributed by atoms with Gasteiger partial charge in [-0.05, 0) is 50.3 Å². The van der Waals surface area contributed by atoms with Crippen LogP contribution in [0.1, 0.15) is 48.0 Å². The molecule has 1 heterocycles. The third-order valence-corrected chi connectivity index (χ3v) is 5.46. The van der Waals surface area contributed by atoms with Crippen molar-refractivity contribution in [2.45, 2.75) is 53.2 Å². The molecular formula is C20H26N2O2S. The number of hydrogen-bond donors (Lipinski definition) is 0. The molecule has 1 amide bonds. The standard InChI is InChI=1S/C20H26N2O2S/c1-4-10-22(20(23)16-8-9-16)11-17-13-25-19(21-17)12-24-18-7-5-6-14(2)15(18)3/h5-7,13,16H,4,8-12H2,1-3H3. The van der Waals surface area contributed by atoms with Crippen LogP contribution in [0.25, 0.3) is 0 Å². The Morgan fingerprint density at radius 3 is 2.88 bits per heavy atom. The van der Waals surface area contributed by atoms with Gasteiger partial charge in [0.2, 0.25) is 5.91 Å². The average molecular weight is 359 g/mol. The molecule has 5 heteroatoms. The highest BCUT2D eigenvalue weighted by molar-refractivity contribution is 7.09. The maximum absolute atomic E-state index is 12.4. The van der Waals surface area contributed by atoms with Crippen LogP contribution in [0.2, 0.25) is 0 Å². The Hall–Kier alpha value is -1.88. The molecule has 1 saturated carbocycles. The van der Waals surface area contributed by atoms with E-state index in [1.54, 1.807) is 11.3 Å². The molecule has 0 radical (unpaired) electrons. The van der Waals surface area contributed by atoms with E-state index in [9.17, 15) is 4.79 Å². The quantitative estimate of drug-likeness (QED) is 0.698. The number of rotatable bonds is 8.